The Morgan fingerprint density at radius 2 is 2.12 bits per heavy atom. The molecule has 0 atom stereocenters. The van der Waals surface area contributed by atoms with Crippen LogP contribution >= 0.6 is 0 Å². The van der Waals surface area contributed by atoms with Gasteiger partial charge in [-0.1, -0.05) is 25.8 Å². The fourth-order valence-corrected chi connectivity index (χ4v) is 1.53. The Labute approximate surface area is 96.1 Å². The second kappa shape index (κ2) is 6.16. The first kappa shape index (κ1) is 12.6. The maximum Gasteiger partial charge on any atom is 0.308 e. The molecule has 0 amide bonds. The van der Waals surface area contributed by atoms with Crippen molar-refractivity contribution < 1.29 is 14.6 Å². The van der Waals surface area contributed by atoms with E-state index in [1.807, 2.05) is 6.07 Å². The number of rotatable bonds is 5. The summed E-state index contributed by atoms with van der Waals surface area (Å²) in [4.78, 5) is 10.8. The number of aromatic hydroxyl groups is 1. The van der Waals surface area contributed by atoms with Crippen molar-refractivity contribution >= 4 is 5.97 Å². The van der Waals surface area contributed by atoms with Crippen molar-refractivity contribution in [1.82, 2.24) is 0 Å². The van der Waals surface area contributed by atoms with Crippen LogP contribution in [0.15, 0.2) is 18.2 Å². The van der Waals surface area contributed by atoms with Crippen LogP contribution in [0.3, 0.4) is 0 Å². The molecule has 88 valence electrons. The Morgan fingerprint density at radius 3 is 2.75 bits per heavy atom. The number of ether oxygens (including phenoxy) is 1. The lowest BCUT2D eigenvalue weighted by Gasteiger charge is -2.07. The minimum atomic E-state index is -0.416. The number of unbranched alkanes of at least 4 members (excludes halogenated alkanes) is 2. The van der Waals surface area contributed by atoms with E-state index in [1.165, 1.54) is 19.8 Å². The summed E-state index contributed by atoms with van der Waals surface area (Å²) in [7, 11) is 0. The Kier molecular flexibility index (Phi) is 4.83. The third-order valence-electron chi connectivity index (χ3n) is 2.35. The largest absolute Gasteiger partial charge is 0.504 e. The van der Waals surface area contributed by atoms with Crippen LogP contribution in [-0.4, -0.2) is 11.1 Å². The first-order chi connectivity index (χ1) is 7.63. The monoisotopic (exact) mass is 222 g/mol. The lowest BCUT2D eigenvalue weighted by molar-refractivity contribution is -0.132. The van der Waals surface area contributed by atoms with Crippen molar-refractivity contribution in [2.75, 3.05) is 0 Å². The standard InChI is InChI=1S/C13H18O3/c1-3-4-5-6-11-7-8-12(15)13(9-11)16-10(2)14/h7-9,15H,3-6H2,1-2H3. The summed E-state index contributed by atoms with van der Waals surface area (Å²) in [5.41, 5.74) is 1.09. The van der Waals surface area contributed by atoms with Crippen molar-refractivity contribution in [2.45, 2.75) is 39.5 Å². The molecule has 0 radical (unpaired) electrons. The highest BCUT2D eigenvalue weighted by Crippen LogP contribution is 2.27. The molecule has 0 fully saturated rings. The molecule has 1 aromatic rings. The number of phenols is 1. The van der Waals surface area contributed by atoms with Crippen molar-refractivity contribution in [3.8, 4) is 11.5 Å². The van der Waals surface area contributed by atoms with Crippen LogP contribution in [0.5, 0.6) is 11.5 Å². The molecule has 1 aromatic carbocycles. The molecule has 0 saturated heterocycles. The van der Waals surface area contributed by atoms with Crippen molar-refractivity contribution in [1.29, 1.82) is 0 Å². The van der Waals surface area contributed by atoms with Gasteiger partial charge in [-0.25, -0.2) is 0 Å². The average Bonchev–Trinajstić information content (AvgIpc) is 2.22. The van der Waals surface area contributed by atoms with Gasteiger partial charge in [-0.3, -0.25) is 4.79 Å². The molecule has 0 aliphatic rings. The molecule has 3 nitrogen and oxygen atoms in total. The molecular weight excluding hydrogens is 204 g/mol. The molecular formula is C13H18O3. The molecule has 0 aliphatic heterocycles. The predicted octanol–water partition coefficient (Wildman–Crippen LogP) is 3.05. The highest BCUT2D eigenvalue weighted by Gasteiger charge is 2.06. The van der Waals surface area contributed by atoms with E-state index in [0.717, 1.165) is 18.4 Å². The van der Waals surface area contributed by atoms with Gasteiger partial charge in [0, 0.05) is 6.92 Å². The molecule has 0 saturated carbocycles. The van der Waals surface area contributed by atoms with Crippen LogP contribution in [0.25, 0.3) is 0 Å². The smallest absolute Gasteiger partial charge is 0.308 e. The van der Waals surface area contributed by atoms with E-state index in [1.54, 1.807) is 12.1 Å². The van der Waals surface area contributed by atoms with E-state index < -0.39 is 5.97 Å². The number of carbonyl (C=O) groups excluding carboxylic acids is 1. The predicted molar refractivity (Wildman–Crippen MR) is 62.6 cm³/mol. The summed E-state index contributed by atoms with van der Waals surface area (Å²) in [5, 5.41) is 9.48. The van der Waals surface area contributed by atoms with E-state index in [2.05, 4.69) is 6.92 Å². The number of aryl methyl sites for hydroxylation is 1. The minimum Gasteiger partial charge on any atom is -0.504 e. The fraction of sp³-hybridized carbons (Fsp3) is 0.462. The minimum absolute atomic E-state index is 0.00874. The van der Waals surface area contributed by atoms with Crippen LogP contribution in [0, 0.1) is 0 Å². The number of carbonyl (C=O) groups is 1. The normalized spacial score (nSPS) is 10.1. The van der Waals surface area contributed by atoms with Crippen molar-refractivity contribution in [3.63, 3.8) is 0 Å². The first-order valence-corrected chi connectivity index (χ1v) is 5.63. The maximum absolute atomic E-state index is 10.8. The Bertz CT molecular complexity index is 358. The van der Waals surface area contributed by atoms with E-state index >= 15 is 0 Å². The van der Waals surface area contributed by atoms with Gasteiger partial charge in [0.1, 0.15) is 0 Å². The average molecular weight is 222 g/mol. The summed E-state index contributed by atoms with van der Waals surface area (Å²) in [6.07, 6.45) is 4.42. The Balaban J connectivity index is 2.69. The third-order valence-corrected chi connectivity index (χ3v) is 2.35. The van der Waals surface area contributed by atoms with Gasteiger partial charge in [0.2, 0.25) is 0 Å². The molecule has 16 heavy (non-hydrogen) atoms. The van der Waals surface area contributed by atoms with Crippen LogP contribution < -0.4 is 4.74 Å². The summed E-state index contributed by atoms with van der Waals surface area (Å²) in [6.45, 7) is 3.48. The van der Waals surface area contributed by atoms with E-state index in [4.69, 9.17) is 4.74 Å². The molecule has 0 bridgehead atoms. The van der Waals surface area contributed by atoms with Gasteiger partial charge in [-0.15, -0.1) is 0 Å². The quantitative estimate of drug-likeness (QED) is 0.473. The highest BCUT2D eigenvalue weighted by atomic mass is 16.5. The van der Waals surface area contributed by atoms with Gasteiger partial charge >= 0.3 is 5.97 Å². The van der Waals surface area contributed by atoms with E-state index in [-0.39, 0.29) is 11.5 Å². The molecule has 1 rings (SSSR count). The van der Waals surface area contributed by atoms with Crippen molar-refractivity contribution in [2.24, 2.45) is 0 Å². The van der Waals surface area contributed by atoms with Crippen LogP contribution in [0.1, 0.15) is 38.7 Å². The number of esters is 1. The van der Waals surface area contributed by atoms with E-state index in [0.29, 0.717) is 0 Å². The number of hydrogen-bond acceptors (Lipinski definition) is 3. The number of hydrogen-bond donors (Lipinski definition) is 1. The summed E-state index contributed by atoms with van der Waals surface area (Å²) >= 11 is 0. The van der Waals surface area contributed by atoms with Gasteiger partial charge in [0.05, 0.1) is 0 Å². The molecule has 0 spiro atoms. The Morgan fingerprint density at radius 1 is 1.38 bits per heavy atom. The lowest BCUT2D eigenvalue weighted by Crippen LogP contribution is -2.02. The van der Waals surface area contributed by atoms with Crippen molar-refractivity contribution in [3.05, 3.63) is 23.8 Å². The van der Waals surface area contributed by atoms with Gasteiger partial charge in [0.15, 0.2) is 11.5 Å². The summed E-state index contributed by atoms with van der Waals surface area (Å²) < 4.78 is 4.90. The Hall–Kier alpha value is -1.51. The summed E-state index contributed by atoms with van der Waals surface area (Å²) in [5.74, 6) is -0.156. The van der Waals surface area contributed by atoms with Crippen LogP contribution in [0.4, 0.5) is 0 Å². The topological polar surface area (TPSA) is 46.5 Å². The SMILES string of the molecule is CCCCCc1ccc(O)c(OC(C)=O)c1. The van der Waals surface area contributed by atoms with Crippen LogP contribution in [0.2, 0.25) is 0 Å². The number of benzene rings is 1. The molecule has 3 heteroatoms. The molecule has 0 heterocycles. The molecule has 0 aromatic heterocycles. The maximum atomic E-state index is 10.8. The third kappa shape index (κ3) is 3.93. The zero-order chi connectivity index (χ0) is 12.0. The molecule has 0 aliphatic carbocycles. The lowest BCUT2D eigenvalue weighted by atomic mass is 10.1. The first-order valence-electron chi connectivity index (χ1n) is 5.63. The zero-order valence-electron chi connectivity index (χ0n) is 9.82. The van der Waals surface area contributed by atoms with Gasteiger partial charge in [0.25, 0.3) is 0 Å². The second-order valence-corrected chi connectivity index (χ2v) is 3.85. The molecule has 1 N–H and O–H groups in total. The van der Waals surface area contributed by atoms with Gasteiger partial charge < -0.3 is 9.84 Å². The summed E-state index contributed by atoms with van der Waals surface area (Å²) in [6, 6.07) is 5.16. The fourth-order valence-electron chi connectivity index (χ4n) is 1.53. The second-order valence-electron chi connectivity index (χ2n) is 3.85. The van der Waals surface area contributed by atoms with Crippen LogP contribution in [-0.2, 0) is 11.2 Å². The van der Waals surface area contributed by atoms with Gasteiger partial charge in [-0.05, 0) is 30.5 Å². The highest BCUT2D eigenvalue weighted by molar-refractivity contribution is 5.70. The number of phenolic OH excluding ortho intramolecular Hbond substituents is 1. The van der Waals surface area contributed by atoms with Gasteiger partial charge in [-0.2, -0.15) is 0 Å². The zero-order valence-corrected chi connectivity index (χ0v) is 9.82. The van der Waals surface area contributed by atoms with E-state index in [9.17, 15) is 9.90 Å². The molecule has 0 unspecified atom stereocenters.